The molecule has 0 aliphatic heterocycles. The molecule has 0 aliphatic carbocycles. The first-order chi connectivity index (χ1) is 19.3. The second-order valence-electron chi connectivity index (χ2n) is 8.26. The van der Waals surface area contributed by atoms with Crippen LogP contribution in [0.25, 0.3) is 0 Å². The molecule has 4 rings (SSSR count). The Balaban J connectivity index is 1.42. The number of hydrogen-bond acceptors (Lipinski definition) is 6. The van der Waals surface area contributed by atoms with Crippen molar-refractivity contribution >= 4 is 52.9 Å². The maximum absolute atomic E-state index is 12.8. The average Bonchev–Trinajstić information content (AvgIpc) is 2.94. The average molecular weight is 598 g/mol. The van der Waals surface area contributed by atoms with E-state index in [2.05, 4.69) is 10.5 Å². The molecule has 0 spiro atoms. The van der Waals surface area contributed by atoms with Crippen LogP contribution in [0.5, 0.6) is 17.2 Å². The van der Waals surface area contributed by atoms with Gasteiger partial charge >= 0.3 is 5.97 Å². The van der Waals surface area contributed by atoms with Gasteiger partial charge in [0, 0.05) is 10.0 Å². The predicted molar refractivity (Wildman–Crippen MR) is 156 cm³/mol. The Bertz CT molecular complexity index is 1540. The molecule has 1 N–H and O–H groups in total. The number of ether oxygens (including phenoxy) is 3. The highest BCUT2D eigenvalue weighted by Crippen LogP contribution is 2.30. The molecular weight excluding hydrogens is 575 g/mol. The maximum atomic E-state index is 12.8. The lowest BCUT2D eigenvalue weighted by atomic mass is 10.2. The van der Waals surface area contributed by atoms with Crippen LogP contribution in [0.2, 0.25) is 15.1 Å². The van der Waals surface area contributed by atoms with Gasteiger partial charge in [0.15, 0.2) is 11.5 Å². The minimum atomic E-state index is -0.659. The van der Waals surface area contributed by atoms with Crippen LogP contribution in [-0.4, -0.2) is 24.7 Å². The summed E-state index contributed by atoms with van der Waals surface area (Å²) >= 11 is 18.0. The molecule has 40 heavy (non-hydrogen) atoms. The summed E-state index contributed by atoms with van der Waals surface area (Å²) in [7, 11) is 0. The molecule has 4 aromatic carbocycles. The molecule has 0 unspecified atom stereocenters. The van der Waals surface area contributed by atoms with Gasteiger partial charge in [-0.15, -0.1) is 0 Å². The van der Waals surface area contributed by atoms with E-state index in [9.17, 15) is 9.59 Å². The summed E-state index contributed by atoms with van der Waals surface area (Å²) in [4.78, 5) is 25.5. The Morgan fingerprint density at radius 1 is 0.800 bits per heavy atom. The maximum Gasteiger partial charge on any atom is 0.345 e. The zero-order chi connectivity index (χ0) is 28.5. The fraction of sp³-hybridized carbons (Fsp3) is 0.100. The number of para-hydroxylation sites is 1. The summed E-state index contributed by atoms with van der Waals surface area (Å²) in [5.74, 6) is -0.176. The Kier molecular flexibility index (Phi) is 10.0. The zero-order valence-corrected chi connectivity index (χ0v) is 23.5. The van der Waals surface area contributed by atoms with E-state index in [1.165, 1.54) is 18.3 Å². The van der Waals surface area contributed by atoms with Crippen LogP contribution in [-0.2, 0) is 6.61 Å². The second kappa shape index (κ2) is 13.8. The van der Waals surface area contributed by atoms with E-state index >= 15 is 0 Å². The topological polar surface area (TPSA) is 86.2 Å². The van der Waals surface area contributed by atoms with Gasteiger partial charge in [0.2, 0.25) is 0 Å². The minimum absolute atomic E-state index is 0.166. The number of esters is 1. The number of halogens is 3. The third-order valence-corrected chi connectivity index (χ3v) is 6.24. The van der Waals surface area contributed by atoms with Gasteiger partial charge in [0.25, 0.3) is 5.91 Å². The number of amides is 1. The van der Waals surface area contributed by atoms with Crippen molar-refractivity contribution in [3.63, 3.8) is 0 Å². The Hall–Kier alpha value is -4.04. The normalized spacial score (nSPS) is 10.8. The lowest BCUT2D eigenvalue weighted by molar-refractivity contribution is 0.0728. The molecule has 0 heterocycles. The van der Waals surface area contributed by atoms with Crippen LogP contribution in [0.4, 0.5) is 0 Å². The molecule has 0 fully saturated rings. The fourth-order valence-corrected chi connectivity index (χ4v) is 4.13. The van der Waals surface area contributed by atoms with Gasteiger partial charge in [-0.1, -0.05) is 59.1 Å². The molecule has 204 valence electrons. The molecule has 10 heteroatoms. The number of rotatable bonds is 10. The molecule has 0 atom stereocenters. The Labute approximate surface area is 246 Å². The highest BCUT2D eigenvalue weighted by Gasteiger charge is 2.17. The summed E-state index contributed by atoms with van der Waals surface area (Å²) in [6.07, 6.45) is 1.44. The molecular formula is C30H23Cl3N2O5. The number of hydrazone groups is 1. The van der Waals surface area contributed by atoms with Crippen molar-refractivity contribution in [3.05, 3.63) is 122 Å². The summed E-state index contributed by atoms with van der Waals surface area (Å²) in [5.41, 5.74) is 4.51. The van der Waals surface area contributed by atoms with Crippen molar-refractivity contribution in [1.82, 2.24) is 5.43 Å². The summed E-state index contributed by atoms with van der Waals surface area (Å²) in [6, 6.07) is 23.5. The largest absolute Gasteiger partial charge is 0.490 e. The molecule has 7 nitrogen and oxygen atoms in total. The van der Waals surface area contributed by atoms with Crippen LogP contribution < -0.4 is 19.6 Å². The van der Waals surface area contributed by atoms with Gasteiger partial charge < -0.3 is 14.2 Å². The first-order valence-electron chi connectivity index (χ1n) is 12.1. The SMILES string of the molecule is CCOc1cc(C=NNC(=O)c2ccccc2OCc2ccc(Cl)cc2)ccc1OC(=O)c1ccc(Cl)cc1Cl. The van der Waals surface area contributed by atoms with E-state index in [4.69, 9.17) is 49.0 Å². The quantitative estimate of drug-likeness (QED) is 0.0880. The van der Waals surface area contributed by atoms with Crippen LogP contribution in [0.15, 0.2) is 90.0 Å². The Morgan fingerprint density at radius 3 is 2.30 bits per heavy atom. The number of carbonyl (C=O) groups excluding carboxylic acids is 2. The lowest BCUT2D eigenvalue weighted by Gasteiger charge is -2.12. The van der Waals surface area contributed by atoms with Crippen molar-refractivity contribution < 1.29 is 23.8 Å². The van der Waals surface area contributed by atoms with E-state index in [1.54, 1.807) is 67.6 Å². The van der Waals surface area contributed by atoms with E-state index in [0.29, 0.717) is 39.3 Å². The van der Waals surface area contributed by atoms with Crippen molar-refractivity contribution in [2.75, 3.05) is 6.61 Å². The first kappa shape index (κ1) is 29.0. The van der Waals surface area contributed by atoms with Gasteiger partial charge in [-0.2, -0.15) is 5.10 Å². The molecule has 0 saturated carbocycles. The van der Waals surface area contributed by atoms with Crippen LogP contribution >= 0.6 is 34.8 Å². The first-order valence-corrected chi connectivity index (χ1v) is 13.2. The summed E-state index contributed by atoms with van der Waals surface area (Å²) in [5, 5.41) is 5.27. The molecule has 0 radical (unpaired) electrons. The molecule has 0 aromatic heterocycles. The second-order valence-corrected chi connectivity index (χ2v) is 9.54. The Morgan fingerprint density at radius 2 is 1.55 bits per heavy atom. The predicted octanol–water partition coefficient (Wildman–Crippen LogP) is 7.61. The van der Waals surface area contributed by atoms with E-state index in [0.717, 1.165) is 5.56 Å². The molecule has 4 aromatic rings. The number of nitrogens with one attached hydrogen (secondary N) is 1. The van der Waals surface area contributed by atoms with Crippen molar-refractivity contribution in [2.45, 2.75) is 13.5 Å². The van der Waals surface area contributed by atoms with Crippen molar-refractivity contribution in [1.29, 1.82) is 0 Å². The third-order valence-electron chi connectivity index (χ3n) is 5.44. The number of nitrogens with zero attached hydrogens (tertiary/aromatic N) is 1. The summed E-state index contributed by atoms with van der Waals surface area (Å²) < 4.78 is 17.0. The monoisotopic (exact) mass is 596 g/mol. The highest BCUT2D eigenvalue weighted by atomic mass is 35.5. The molecule has 0 saturated heterocycles. The number of carbonyl (C=O) groups is 2. The minimum Gasteiger partial charge on any atom is -0.490 e. The van der Waals surface area contributed by atoms with E-state index in [1.807, 2.05) is 12.1 Å². The summed E-state index contributed by atoms with van der Waals surface area (Å²) in [6.45, 7) is 2.40. The lowest BCUT2D eigenvalue weighted by Crippen LogP contribution is -2.18. The highest BCUT2D eigenvalue weighted by molar-refractivity contribution is 6.36. The van der Waals surface area contributed by atoms with Crippen molar-refractivity contribution in [3.8, 4) is 17.2 Å². The van der Waals surface area contributed by atoms with Gasteiger partial charge in [0.1, 0.15) is 12.4 Å². The number of benzene rings is 4. The van der Waals surface area contributed by atoms with Crippen LogP contribution in [0.1, 0.15) is 38.8 Å². The molecule has 0 aliphatic rings. The van der Waals surface area contributed by atoms with Gasteiger partial charge in [0.05, 0.1) is 29.0 Å². The zero-order valence-electron chi connectivity index (χ0n) is 21.2. The fourth-order valence-electron chi connectivity index (χ4n) is 3.51. The molecule has 0 bridgehead atoms. The van der Waals surface area contributed by atoms with Gasteiger partial charge in [-0.3, -0.25) is 4.79 Å². The standard InChI is InChI=1S/C30H23Cl3N2O5/c1-2-38-28-15-20(9-14-27(28)40-30(37)23-13-12-22(32)16-25(23)33)17-34-35-29(36)24-5-3-4-6-26(24)39-18-19-7-10-21(31)11-8-19/h3-17H,2,18H2,1H3,(H,35,36). The smallest absolute Gasteiger partial charge is 0.345 e. The van der Waals surface area contributed by atoms with Crippen LogP contribution in [0, 0.1) is 0 Å². The third kappa shape index (κ3) is 7.76. The van der Waals surface area contributed by atoms with Gasteiger partial charge in [-0.05, 0) is 78.7 Å². The number of hydrogen-bond donors (Lipinski definition) is 1. The van der Waals surface area contributed by atoms with E-state index in [-0.39, 0.29) is 22.9 Å². The van der Waals surface area contributed by atoms with E-state index < -0.39 is 11.9 Å². The van der Waals surface area contributed by atoms with Crippen LogP contribution in [0.3, 0.4) is 0 Å². The molecule has 1 amide bonds. The van der Waals surface area contributed by atoms with Crippen molar-refractivity contribution in [2.24, 2.45) is 5.10 Å². The van der Waals surface area contributed by atoms with Gasteiger partial charge in [-0.25, -0.2) is 10.2 Å².